The van der Waals surface area contributed by atoms with Gasteiger partial charge in [-0.15, -0.1) is 0 Å². The molecule has 2 aliphatic heterocycles. The summed E-state index contributed by atoms with van der Waals surface area (Å²) in [5.74, 6) is -2.50. The summed E-state index contributed by atoms with van der Waals surface area (Å²) in [6.07, 6.45) is -1.09. The summed E-state index contributed by atoms with van der Waals surface area (Å²) >= 11 is -3.80. The van der Waals surface area contributed by atoms with Crippen molar-refractivity contribution in [2.24, 2.45) is 0 Å². The molecule has 2 fully saturated rings. The van der Waals surface area contributed by atoms with Crippen LogP contribution in [-0.4, -0.2) is 69.1 Å². The first-order valence-corrected chi connectivity index (χ1v) is 8.49. The quantitative estimate of drug-likeness (QED) is 0.360. The number of carbonyl (C=O) groups is 3. The van der Waals surface area contributed by atoms with Gasteiger partial charge in [-0.05, 0) is 0 Å². The van der Waals surface area contributed by atoms with Gasteiger partial charge in [0.15, 0.2) is 0 Å². The first-order chi connectivity index (χ1) is 6.49. The molecule has 0 atom stereocenters. The van der Waals surface area contributed by atoms with E-state index in [1.165, 1.54) is 0 Å². The van der Waals surface area contributed by atoms with Crippen LogP contribution in [-0.2, 0) is 22.4 Å². The van der Waals surface area contributed by atoms with E-state index in [1.54, 1.807) is 0 Å². The van der Waals surface area contributed by atoms with Crippen LogP contribution in [0.3, 0.4) is 0 Å². The van der Waals surface area contributed by atoms with Crippen molar-refractivity contribution in [1.82, 2.24) is 0 Å². The predicted octanol–water partition coefficient (Wildman–Crippen LogP) is -4.33. The van der Waals surface area contributed by atoms with Crippen molar-refractivity contribution >= 4 is 42.0 Å². The molecule has 2 heterocycles. The Morgan fingerprint density at radius 3 is 1.76 bits per heavy atom. The van der Waals surface area contributed by atoms with Crippen molar-refractivity contribution in [3.63, 3.8) is 0 Å². The third-order valence-corrected chi connectivity index (χ3v) is 6.26. The first-order valence-electron chi connectivity index (χ1n) is 3.72. The van der Waals surface area contributed by atoms with Crippen LogP contribution in [0.15, 0.2) is 0 Å². The second-order valence-corrected chi connectivity index (χ2v) is 7.30. The molecule has 2 saturated heterocycles. The normalized spacial score (nSPS) is 21.4. The van der Waals surface area contributed by atoms with Crippen LogP contribution < -0.4 is 0 Å². The fraction of sp³-hybridized carbons (Fsp3) is 0.500. The molecule has 0 spiro atoms. The molecule has 0 aromatic heterocycles. The topological polar surface area (TPSA) is 194 Å². The van der Waals surface area contributed by atoms with Crippen molar-refractivity contribution in [3.05, 3.63) is 0 Å². The Morgan fingerprint density at radius 1 is 0.941 bits per heavy atom. The van der Waals surface area contributed by atoms with Gasteiger partial charge >= 0.3 is 88.0 Å². The summed E-state index contributed by atoms with van der Waals surface area (Å²) < 4.78 is 13.8. The summed E-state index contributed by atoms with van der Waals surface area (Å²) in [4.78, 5) is 33.2. The predicted molar refractivity (Wildman–Crippen MR) is 49.1 cm³/mol. The maximum absolute atomic E-state index is 11.2. The zero-order valence-electron chi connectivity index (χ0n) is 8.31. The number of hydrogen-bond donors (Lipinski definition) is 1. The maximum atomic E-state index is 11.2. The van der Waals surface area contributed by atoms with Crippen molar-refractivity contribution < 1.29 is 44.0 Å². The number of fused-ring (bicyclic) bond motifs is 3. The fourth-order valence-electron chi connectivity index (χ4n) is 1.18. The molecule has 2 bridgehead atoms. The molecule has 2 aliphatic rings. The summed E-state index contributed by atoms with van der Waals surface area (Å²) in [6.45, 7) is 0. The van der Waals surface area contributed by atoms with Gasteiger partial charge < -0.3 is 16.4 Å². The Kier molecular flexibility index (Phi) is 6.76. The summed E-state index contributed by atoms with van der Waals surface area (Å²) in [5, 5.41) is 9.65. The van der Waals surface area contributed by atoms with Gasteiger partial charge in [0.2, 0.25) is 0 Å². The molecule has 0 amide bonds. The van der Waals surface area contributed by atoms with Gasteiger partial charge in [0.05, 0.1) is 0 Å². The van der Waals surface area contributed by atoms with E-state index in [0.29, 0.717) is 0 Å². The Balaban J connectivity index is 0. The van der Waals surface area contributed by atoms with Gasteiger partial charge in [-0.2, -0.15) is 0 Å². The molecule has 7 N–H and O–H groups in total. The van der Waals surface area contributed by atoms with E-state index in [-0.39, 0.29) is 16.4 Å². The van der Waals surface area contributed by atoms with Gasteiger partial charge in [0, 0.05) is 0 Å². The molecule has 0 saturated carbocycles. The van der Waals surface area contributed by atoms with E-state index in [1.807, 2.05) is 0 Å². The van der Waals surface area contributed by atoms with Crippen molar-refractivity contribution in [1.29, 1.82) is 0 Å². The van der Waals surface area contributed by atoms with E-state index in [9.17, 15) is 19.5 Å². The van der Waals surface area contributed by atoms with Crippen molar-refractivity contribution in [2.45, 2.75) is 18.4 Å². The zero-order chi connectivity index (χ0) is 10.3. The molecule has 99 valence electrons. The molecule has 1 radical (unpaired) electrons. The second-order valence-electron chi connectivity index (χ2n) is 2.97. The zero-order valence-corrected chi connectivity index (χ0v) is 12.2. The summed E-state index contributed by atoms with van der Waals surface area (Å²) in [5.41, 5.74) is -2.10. The summed E-state index contributed by atoms with van der Waals surface area (Å²) in [7, 11) is 0. The third kappa shape index (κ3) is 3.57. The molecule has 0 unspecified atom stereocenters. The minimum absolute atomic E-state index is 0. The molecule has 2 rings (SSSR count). The van der Waals surface area contributed by atoms with Gasteiger partial charge in [-0.25, -0.2) is 0 Å². The Morgan fingerprint density at radius 2 is 1.35 bits per heavy atom. The molecule has 0 aromatic rings. The Bertz CT molecular complexity index is 307. The average molecular weight is 450 g/mol. The van der Waals surface area contributed by atoms with Crippen molar-refractivity contribution in [2.75, 3.05) is 0 Å². The van der Waals surface area contributed by atoms with Gasteiger partial charge in [0.25, 0.3) is 0 Å². The monoisotopic (exact) mass is 451 g/mol. The SMILES string of the molecule is O.O.O.O=C1CC2(O)CC(=O)[O][Pb]([O]1)[O]C2=O. The van der Waals surface area contributed by atoms with Crippen LogP contribution in [0.1, 0.15) is 12.8 Å². The van der Waals surface area contributed by atoms with E-state index >= 15 is 0 Å². The molecule has 17 heavy (non-hydrogen) atoms. The van der Waals surface area contributed by atoms with E-state index in [4.69, 9.17) is 0 Å². The first kappa shape index (κ1) is 18.5. The third-order valence-electron chi connectivity index (χ3n) is 1.82. The summed E-state index contributed by atoms with van der Waals surface area (Å²) in [6, 6.07) is 0. The van der Waals surface area contributed by atoms with Crippen LogP contribution in [0.25, 0.3) is 0 Å². The Labute approximate surface area is 104 Å². The number of aliphatic hydroxyl groups is 1. The van der Waals surface area contributed by atoms with Crippen LogP contribution in [0.5, 0.6) is 0 Å². The Hall–Kier alpha value is -0.828. The van der Waals surface area contributed by atoms with Gasteiger partial charge in [-0.1, -0.05) is 0 Å². The molecular formula is C6H11O10Pb. The molecular weight excluding hydrogens is 439 g/mol. The van der Waals surface area contributed by atoms with Crippen LogP contribution in [0.2, 0.25) is 0 Å². The number of hydrogen-bond acceptors (Lipinski definition) is 7. The molecule has 0 aliphatic carbocycles. The van der Waals surface area contributed by atoms with E-state index in [2.05, 4.69) is 8.06 Å². The fourth-order valence-corrected chi connectivity index (χ4v) is 5.00. The number of rotatable bonds is 0. The van der Waals surface area contributed by atoms with Crippen LogP contribution in [0.4, 0.5) is 0 Å². The van der Waals surface area contributed by atoms with Gasteiger partial charge in [-0.3, -0.25) is 0 Å². The molecule has 11 heteroatoms. The van der Waals surface area contributed by atoms with Crippen molar-refractivity contribution in [3.8, 4) is 0 Å². The van der Waals surface area contributed by atoms with Crippen LogP contribution in [0, 0.1) is 0 Å². The van der Waals surface area contributed by atoms with Crippen LogP contribution >= 0.6 is 0 Å². The van der Waals surface area contributed by atoms with Gasteiger partial charge in [0.1, 0.15) is 0 Å². The van der Waals surface area contributed by atoms with E-state index in [0.717, 1.165) is 0 Å². The number of carbonyl (C=O) groups excluding carboxylic acids is 3. The molecule has 10 nitrogen and oxygen atoms in total. The molecule has 0 aromatic carbocycles. The minimum atomic E-state index is -3.80. The standard InChI is InChI=1S/C6H8O7.3H2O.Pb/c7-3(8)1-6(13,5(11)12)2-4(9)10;;;;/h13H,1-2H2,(H,7,8)(H,9,10)(H,11,12);3*1H2;/q;;;;+3/p-3. The second kappa shape index (κ2) is 6.20. The van der Waals surface area contributed by atoms with E-state index < -0.39 is 60.4 Å². The average Bonchev–Trinajstić information content (AvgIpc) is 2.13.